The second kappa shape index (κ2) is 9.62. The van der Waals surface area contributed by atoms with Crippen molar-refractivity contribution >= 4 is 45.0 Å². The van der Waals surface area contributed by atoms with Gasteiger partial charge in [0.15, 0.2) is 0 Å². The van der Waals surface area contributed by atoms with Gasteiger partial charge < -0.3 is 5.32 Å². The summed E-state index contributed by atoms with van der Waals surface area (Å²) < 4.78 is 28.9. The summed E-state index contributed by atoms with van der Waals surface area (Å²) in [7, 11) is -3.64. The van der Waals surface area contributed by atoms with Gasteiger partial charge in [-0.15, -0.1) is 0 Å². The van der Waals surface area contributed by atoms with Gasteiger partial charge >= 0.3 is 0 Å². The minimum atomic E-state index is -3.64. The first-order valence-electron chi connectivity index (χ1n) is 10.2. The first kappa shape index (κ1) is 22.8. The Morgan fingerprint density at radius 3 is 2.66 bits per heavy atom. The zero-order chi connectivity index (χ0) is 22.7. The monoisotopic (exact) mass is 492 g/mol. The summed E-state index contributed by atoms with van der Waals surface area (Å²) in [5, 5.41) is 8.22. The van der Waals surface area contributed by atoms with Crippen molar-refractivity contribution in [2.75, 3.05) is 18.4 Å². The Hall–Kier alpha value is -2.39. The number of nitrogens with zero attached hydrogens (tertiary/aromatic N) is 3. The third-order valence-corrected chi connectivity index (χ3v) is 7.91. The smallest absolute Gasteiger partial charge is 0.243 e. The molecule has 7 nitrogen and oxygen atoms in total. The molecule has 1 amide bonds. The Morgan fingerprint density at radius 1 is 1.12 bits per heavy atom. The minimum Gasteiger partial charge on any atom is -0.311 e. The van der Waals surface area contributed by atoms with Gasteiger partial charge in [-0.2, -0.15) is 9.40 Å². The Kier molecular flexibility index (Phi) is 6.85. The van der Waals surface area contributed by atoms with Crippen molar-refractivity contribution in [1.82, 2.24) is 14.1 Å². The number of halogens is 2. The number of anilines is 1. The SMILES string of the molecule is O=C(Nc1ccnn1Cc1ccc(Cl)cc1Cl)C1CCCN(S(=O)(=O)c2ccccc2)C1. The summed E-state index contributed by atoms with van der Waals surface area (Å²) in [5.74, 6) is -0.171. The number of benzene rings is 2. The molecule has 3 aromatic rings. The van der Waals surface area contributed by atoms with E-state index in [0.29, 0.717) is 41.8 Å². The van der Waals surface area contributed by atoms with Crippen LogP contribution in [0.5, 0.6) is 0 Å². The van der Waals surface area contributed by atoms with Crippen LogP contribution in [0.4, 0.5) is 5.82 Å². The van der Waals surface area contributed by atoms with Crippen LogP contribution in [0.25, 0.3) is 0 Å². The summed E-state index contributed by atoms with van der Waals surface area (Å²) in [4.78, 5) is 13.2. The maximum atomic E-state index is 13.0. The molecule has 4 rings (SSSR count). The molecule has 10 heteroatoms. The lowest BCUT2D eigenvalue weighted by Gasteiger charge is -2.31. The molecule has 0 radical (unpaired) electrons. The number of piperidine rings is 1. The molecule has 168 valence electrons. The Labute approximate surface area is 197 Å². The number of aromatic nitrogens is 2. The first-order valence-corrected chi connectivity index (χ1v) is 12.4. The molecule has 0 bridgehead atoms. The van der Waals surface area contributed by atoms with Gasteiger partial charge in [-0.3, -0.25) is 4.79 Å². The number of sulfonamides is 1. The number of amides is 1. The topological polar surface area (TPSA) is 84.3 Å². The lowest BCUT2D eigenvalue weighted by molar-refractivity contribution is -0.120. The van der Waals surface area contributed by atoms with Crippen LogP contribution >= 0.6 is 23.2 Å². The van der Waals surface area contributed by atoms with Crippen molar-refractivity contribution in [3.8, 4) is 0 Å². The third-order valence-electron chi connectivity index (χ3n) is 5.44. The molecule has 1 atom stereocenters. The van der Waals surface area contributed by atoms with Crippen LogP contribution in [0.3, 0.4) is 0 Å². The van der Waals surface area contributed by atoms with Crippen molar-refractivity contribution in [1.29, 1.82) is 0 Å². The van der Waals surface area contributed by atoms with Crippen molar-refractivity contribution in [3.63, 3.8) is 0 Å². The highest BCUT2D eigenvalue weighted by atomic mass is 35.5. The van der Waals surface area contributed by atoms with Gasteiger partial charge in [-0.25, -0.2) is 13.1 Å². The largest absolute Gasteiger partial charge is 0.311 e. The maximum absolute atomic E-state index is 13.0. The molecular formula is C22H22Cl2N4O3S. The lowest BCUT2D eigenvalue weighted by atomic mass is 9.99. The van der Waals surface area contributed by atoms with E-state index in [-0.39, 0.29) is 17.3 Å². The maximum Gasteiger partial charge on any atom is 0.243 e. The minimum absolute atomic E-state index is 0.139. The van der Waals surface area contributed by atoms with Crippen LogP contribution in [-0.4, -0.2) is 41.5 Å². The molecular weight excluding hydrogens is 471 g/mol. The molecule has 1 aliphatic rings. The fourth-order valence-electron chi connectivity index (χ4n) is 3.72. The molecule has 1 aliphatic heterocycles. The number of nitrogens with one attached hydrogen (secondary N) is 1. The molecule has 0 aliphatic carbocycles. The normalized spacial score (nSPS) is 17.2. The molecule has 1 fully saturated rings. The van der Waals surface area contributed by atoms with Crippen molar-refractivity contribution in [3.05, 3.63) is 76.4 Å². The molecule has 2 aromatic carbocycles. The highest BCUT2D eigenvalue weighted by Crippen LogP contribution is 2.26. The molecule has 1 N–H and O–H groups in total. The van der Waals surface area contributed by atoms with E-state index in [1.54, 1.807) is 59.4 Å². The van der Waals surface area contributed by atoms with Crippen molar-refractivity contribution < 1.29 is 13.2 Å². The Balaban J connectivity index is 1.45. The van der Waals surface area contributed by atoms with Gasteiger partial charge in [0.25, 0.3) is 0 Å². The van der Waals surface area contributed by atoms with Crippen LogP contribution in [0, 0.1) is 5.92 Å². The second-order valence-corrected chi connectivity index (χ2v) is 10.4. The fraction of sp³-hybridized carbons (Fsp3) is 0.273. The zero-order valence-electron chi connectivity index (χ0n) is 17.1. The molecule has 1 saturated heterocycles. The predicted octanol–water partition coefficient (Wildman–Crippen LogP) is 4.28. The van der Waals surface area contributed by atoms with Crippen molar-refractivity contribution in [2.45, 2.75) is 24.3 Å². The van der Waals surface area contributed by atoms with E-state index in [1.165, 1.54) is 4.31 Å². The third kappa shape index (κ3) is 4.99. The summed E-state index contributed by atoms with van der Waals surface area (Å²) in [6.45, 7) is 0.895. The van der Waals surface area contributed by atoms with Gasteiger partial charge in [0.05, 0.1) is 23.6 Å². The molecule has 2 heterocycles. The van der Waals surface area contributed by atoms with Gasteiger partial charge in [0.2, 0.25) is 15.9 Å². The highest BCUT2D eigenvalue weighted by Gasteiger charge is 2.33. The summed E-state index contributed by atoms with van der Waals surface area (Å²) in [5.41, 5.74) is 0.813. The van der Waals surface area contributed by atoms with E-state index >= 15 is 0 Å². The van der Waals surface area contributed by atoms with Crippen LogP contribution in [0.2, 0.25) is 10.0 Å². The molecule has 0 saturated carbocycles. The average molecular weight is 493 g/mol. The van der Waals surface area contributed by atoms with Gasteiger partial charge in [-0.05, 0) is 42.7 Å². The molecule has 1 unspecified atom stereocenters. The molecule has 32 heavy (non-hydrogen) atoms. The number of rotatable bonds is 6. The number of hydrogen-bond acceptors (Lipinski definition) is 4. The predicted molar refractivity (Wildman–Crippen MR) is 124 cm³/mol. The van der Waals surface area contributed by atoms with Gasteiger partial charge in [-0.1, -0.05) is 47.5 Å². The van der Waals surface area contributed by atoms with Gasteiger partial charge in [0, 0.05) is 29.2 Å². The van der Waals surface area contributed by atoms with Crippen LogP contribution in [-0.2, 0) is 21.4 Å². The van der Waals surface area contributed by atoms with E-state index in [1.807, 2.05) is 6.07 Å². The molecule has 0 spiro atoms. The second-order valence-electron chi connectivity index (χ2n) is 7.61. The van der Waals surface area contributed by atoms with Crippen molar-refractivity contribution in [2.24, 2.45) is 5.92 Å². The summed E-state index contributed by atoms with van der Waals surface area (Å²) in [6, 6.07) is 15.2. The Bertz CT molecular complexity index is 1210. The van der Waals surface area contributed by atoms with Gasteiger partial charge in [0.1, 0.15) is 5.82 Å². The standard InChI is InChI=1S/C22H22Cl2N4O3S/c23-18-9-8-16(20(24)13-18)15-28-21(10-11-25-28)26-22(29)17-5-4-12-27(14-17)32(30,31)19-6-2-1-3-7-19/h1-3,6-11,13,17H,4-5,12,14-15H2,(H,26,29). The van der Waals surface area contributed by atoms with Crippen LogP contribution in [0.15, 0.2) is 65.7 Å². The number of carbonyl (C=O) groups is 1. The molecule has 1 aromatic heterocycles. The highest BCUT2D eigenvalue weighted by molar-refractivity contribution is 7.89. The fourth-order valence-corrected chi connectivity index (χ4v) is 5.73. The van der Waals surface area contributed by atoms with E-state index in [2.05, 4.69) is 10.4 Å². The van der Waals surface area contributed by atoms with Crippen LogP contribution in [0.1, 0.15) is 18.4 Å². The Morgan fingerprint density at radius 2 is 1.91 bits per heavy atom. The summed E-state index contributed by atoms with van der Waals surface area (Å²) >= 11 is 12.2. The summed E-state index contributed by atoms with van der Waals surface area (Å²) in [6.07, 6.45) is 2.82. The average Bonchev–Trinajstić information content (AvgIpc) is 3.23. The number of hydrogen-bond donors (Lipinski definition) is 1. The van der Waals surface area contributed by atoms with E-state index in [0.717, 1.165) is 5.56 Å². The zero-order valence-corrected chi connectivity index (χ0v) is 19.4. The number of carbonyl (C=O) groups excluding carboxylic acids is 1. The van der Waals surface area contributed by atoms with E-state index < -0.39 is 15.9 Å². The van der Waals surface area contributed by atoms with Crippen LogP contribution < -0.4 is 5.32 Å². The first-order chi connectivity index (χ1) is 15.3. The quantitative estimate of drug-likeness (QED) is 0.556. The van der Waals surface area contributed by atoms with E-state index in [4.69, 9.17) is 23.2 Å². The lowest BCUT2D eigenvalue weighted by Crippen LogP contribution is -2.43. The van der Waals surface area contributed by atoms with E-state index in [9.17, 15) is 13.2 Å².